The number of hydrogen-bond acceptors (Lipinski definition) is 1. The third-order valence-electron chi connectivity index (χ3n) is 12.1. The van der Waals surface area contributed by atoms with Gasteiger partial charge in [0.2, 0.25) is 0 Å². The van der Waals surface area contributed by atoms with Crippen molar-refractivity contribution in [2.45, 2.75) is 0 Å². The fourth-order valence-corrected chi connectivity index (χ4v) is 9.06. The fraction of sp³-hybridized carbons (Fsp3) is 0. The number of hydrogen-bond donors (Lipinski definition) is 0. The molecule has 61 heavy (non-hydrogen) atoms. The monoisotopic (exact) mass is 775 g/mol. The van der Waals surface area contributed by atoms with Gasteiger partial charge in [-0.05, 0) is 136 Å². The van der Waals surface area contributed by atoms with E-state index in [4.69, 9.17) is 0 Å². The second kappa shape index (κ2) is 15.6. The van der Waals surface area contributed by atoms with Gasteiger partial charge in [-0.2, -0.15) is 0 Å². The average Bonchev–Trinajstić information content (AvgIpc) is 3.35. The number of fused-ring (bicyclic) bond motifs is 4. The standard InChI is InChI=1S/C60H41N/c1-3-14-42(15-4-1)48-20-13-21-49(40-48)43-26-33-51(34-27-43)61(52-35-28-46(29-36-52)59-41-50-19-8-9-22-54(50)57-24-11-12-25-58(57)59)53-37-30-47(31-38-53)60-55-23-10-7-18-45(55)32-39-56(60)44-16-5-2-6-17-44/h1-41H. The molecule has 0 heterocycles. The van der Waals surface area contributed by atoms with Crippen LogP contribution >= 0.6 is 0 Å². The fourth-order valence-electron chi connectivity index (χ4n) is 9.06. The molecule has 0 radical (unpaired) electrons. The van der Waals surface area contributed by atoms with Crippen molar-refractivity contribution in [1.29, 1.82) is 0 Å². The zero-order chi connectivity index (χ0) is 40.5. The highest BCUT2D eigenvalue weighted by atomic mass is 15.1. The molecule has 1 heteroatoms. The van der Waals surface area contributed by atoms with Crippen molar-refractivity contribution in [3.8, 4) is 55.6 Å². The molecule has 0 atom stereocenters. The zero-order valence-electron chi connectivity index (χ0n) is 33.6. The minimum Gasteiger partial charge on any atom is -0.311 e. The summed E-state index contributed by atoms with van der Waals surface area (Å²) < 4.78 is 0. The Kier molecular flexibility index (Phi) is 9.26. The predicted octanol–water partition coefficient (Wildman–Crippen LogP) is 17.0. The van der Waals surface area contributed by atoms with Crippen molar-refractivity contribution in [3.05, 3.63) is 249 Å². The molecule has 0 aromatic heterocycles. The molecule has 11 rings (SSSR count). The molecular formula is C60H41N. The molecule has 0 aliphatic rings. The van der Waals surface area contributed by atoms with Crippen molar-refractivity contribution in [1.82, 2.24) is 0 Å². The maximum Gasteiger partial charge on any atom is 0.0462 e. The molecule has 0 saturated carbocycles. The topological polar surface area (TPSA) is 3.24 Å². The van der Waals surface area contributed by atoms with Gasteiger partial charge < -0.3 is 4.90 Å². The van der Waals surface area contributed by atoms with Crippen molar-refractivity contribution < 1.29 is 0 Å². The summed E-state index contributed by atoms with van der Waals surface area (Å²) in [4.78, 5) is 2.37. The second-order valence-corrected chi connectivity index (χ2v) is 15.7. The Morgan fingerprint density at radius 1 is 0.213 bits per heavy atom. The van der Waals surface area contributed by atoms with Gasteiger partial charge in [0.25, 0.3) is 0 Å². The third kappa shape index (κ3) is 6.83. The molecule has 11 aromatic carbocycles. The highest BCUT2D eigenvalue weighted by molar-refractivity contribution is 6.14. The van der Waals surface area contributed by atoms with Crippen LogP contribution in [-0.2, 0) is 0 Å². The van der Waals surface area contributed by atoms with Crippen LogP contribution in [0.15, 0.2) is 249 Å². The quantitative estimate of drug-likeness (QED) is 0.139. The molecular weight excluding hydrogens is 735 g/mol. The van der Waals surface area contributed by atoms with E-state index >= 15 is 0 Å². The van der Waals surface area contributed by atoms with Crippen molar-refractivity contribution in [3.63, 3.8) is 0 Å². The Bertz CT molecular complexity index is 3310. The first-order valence-electron chi connectivity index (χ1n) is 21.0. The summed E-state index contributed by atoms with van der Waals surface area (Å²) in [5.41, 5.74) is 15.4. The van der Waals surface area contributed by atoms with Gasteiger partial charge in [-0.1, -0.05) is 200 Å². The first-order valence-corrected chi connectivity index (χ1v) is 21.0. The zero-order valence-corrected chi connectivity index (χ0v) is 33.6. The van der Waals surface area contributed by atoms with Crippen molar-refractivity contribution >= 4 is 49.4 Å². The molecule has 0 fully saturated rings. The number of anilines is 3. The second-order valence-electron chi connectivity index (χ2n) is 15.7. The van der Waals surface area contributed by atoms with Crippen molar-refractivity contribution in [2.24, 2.45) is 0 Å². The van der Waals surface area contributed by atoms with E-state index in [1.54, 1.807) is 0 Å². The van der Waals surface area contributed by atoms with Gasteiger partial charge in [0, 0.05) is 17.1 Å². The van der Waals surface area contributed by atoms with E-state index in [0.717, 1.165) is 17.1 Å². The predicted molar refractivity (Wildman–Crippen MR) is 261 cm³/mol. The van der Waals surface area contributed by atoms with Crippen LogP contribution in [0.3, 0.4) is 0 Å². The van der Waals surface area contributed by atoms with Crippen LogP contribution in [0, 0.1) is 0 Å². The molecule has 0 unspecified atom stereocenters. The number of benzene rings is 11. The summed E-state index contributed by atoms with van der Waals surface area (Å²) >= 11 is 0. The molecule has 0 aliphatic carbocycles. The van der Waals surface area contributed by atoms with Crippen LogP contribution in [0.1, 0.15) is 0 Å². The molecule has 0 aliphatic heterocycles. The maximum atomic E-state index is 2.37. The van der Waals surface area contributed by atoms with Crippen LogP contribution in [0.4, 0.5) is 17.1 Å². The molecule has 286 valence electrons. The lowest BCUT2D eigenvalue weighted by Crippen LogP contribution is -2.09. The molecule has 0 amide bonds. The summed E-state index contributed by atoms with van der Waals surface area (Å²) in [6, 6.07) is 90.4. The Balaban J connectivity index is 1.01. The van der Waals surface area contributed by atoms with E-state index in [1.165, 1.54) is 88.0 Å². The lowest BCUT2D eigenvalue weighted by molar-refractivity contribution is 1.28. The van der Waals surface area contributed by atoms with Gasteiger partial charge in [0.15, 0.2) is 0 Å². The molecule has 11 aromatic rings. The van der Waals surface area contributed by atoms with Gasteiger partial charge in [0.05, 0.1) is 0 Å². The van der Waals surface area contributed by atoms with Gasteiger partial charge in [0.1, 0.15) is 0 Å². The smallest absolute Gasteiger partial charge is 0.0462 e. The van der Waals surface area contributed by atoms with Crippen LogP contribution in [0.25, 0.3) is 88.0 Å². The van der Waals surface area contributed by atoms with Crippen LogP contribution in [0.5, 0.6) is 0 Å². The number of rotatable bonds is 8. The molecule has 1 nitrogen and oxygen atoms in total. The SMILES string of the molecule is c1ccc(-c2cccc(-c3ccc(N(c4ccc(-c5c(-c6ccccc6)ccc6ccccc56)cc4)c4ccc(-c5cc6ccccc6c6ccccc56)cc4)cc3)c2)cc1. The normalized spacial score (nSPS) is 11.3. The third-order valence-corrected chi connectivity index (χ3v) is 12.1. The van der Waals surface area contributed by atoms with E-state index in [2.05, 4.69) is 254 Å². The summed E-state index contributed by atoms with van der Waals surface area (Å²) in [6.07, 6.45) is 0. The lowest BCUT2D eigenvalue weighted by atomic mass is 9.89. The summed E-state index contributed by atoms with van der Waals surface area (Å²) in [7, 11) is 0. The molecule has 0 spiro atoms. The Labute approximate surface area is 357 Å². The Hall–Kier alpha value is -8.00. The summed E-state index contributed by atoms with van der Waals surface area (Å²) in [6.45, 7) is 0. The van der Waals surface area contributed by atoms with Gasteiger partial charge in [-0.3, -0.25) is 0 Å². The first kappa shape index (κ1) is 36.1. The highest BCUT2D eigenvalue weighted by Gasteiger charge is 2.17. The minimum absolute atomic E-state index is 1.09. The molecule has 0 bridgehead atoms. The highest BCUT2D eigenvalue weighted by Crippen LogP contribution is 2.42. The summed E-state index contributed by atoms with van der Waals surface area (Å²) in [5, 5.41) is 7.54. The number of nitrogens with zero attached hydrogens (tertiary/aromatic N) is 1. The van der Waals surface area contributed by atoms with Crippen LogP contribution in [-0.4, -0.2) is 0 Å². The largest absolute Gasteiger partial charge is 0.311 e. The van der Waals surface area contributed by atoms with E-state index < -0.39 is 0 Å². The van der Waals surface area contributed by atoms with E-state index in [-0.39, 0.29) is 0 Å². The van der Waals surface area contributed by atoms with Crippen LogP contribution < -0.4 is 4.90 Å². The minimum atomic E-state index is 1.09. The maximum absolute atomic E-state index is 2.37. The average molecular weight is 776 g/mol. The van der Waals surface area contributed by atoms with Crippen molar-refractivity contribution in [2.75, 3.05) is 4.90 Å². The van der Waals surface area contributed by atoms with Gasteiger partial charge in [-0.25, -0.2) is 0 Å². The lowest BCUT2D eigenvalue weighted by Gasteiger charge is -2.26. The van der Waals surface area contributed by atoms with E-state index in [1.807, 2.05) is 0 Å². The molecule has 0 saturated heterocycles. The molecule has 0 N–H and O–H groups in total. The van der Waals surface area contributed by atoms with E-state index in [0.29, 0.717) is 0 Å². The Morgan fingerprint density at radius 2 is 0.656 bits per heavy atom. The van der Waals surface area contributed by atoms with Gasteiger partial charge >= 0.3 is 0 Å². The van der Waals surface area contributed by atoms with Crippen LogP contribution in [0.2, 0.25) is 0 Å². The Morgan fingerprint density at radius 3 is 1.30 bits per heavy atom. The first-order chi connectivity index (χ1) is 30.2. The summed E-state index contributed by atoms with van der Waals surface area (Å²) in [5.74, 6) is 0. The van der Waals surface area contributed by atoms with Gasteiger partial charge in [-0.15, -0.1) is 0 Å². The van der Waals surface area contributed by atoms with E-state index in [9.17, 15) is 0 Å².